The summed E-state index contributed by atoms with van der Waals surface area (Å²) >= 11 is 0. The van der Waals surface area contributed by atoms with Gasteiger partial charge in [0.1, 0.15) is 11.6 Å². The summed E-state index contributed by atoms with van der Waals surface area (Å²) in [5.74, 6) is -0.141. The van der Waals surface area contributed by atoms with E-state index in [-0.39, 0.29) is 11.6 Å². The third-order valence-electron chi connectivity index (χ3n) is 3.88. The van der Waals surface area contributed by atoms with Gasteiger partial charge in [-0.05, 0) is 58.0 Å². The standard InChI is InChI=1S/C15H23FN2O/c1-11(2)18-7-5-14(6-8-18)17-10-12-9-13(16)3-4-15(12)19/h3-4,9,11,14,17,19H,5-8,10H2,1-2H3. The van der Waals surface area contributed by atoms with Crippen LogP contribution >= 0.6 is 0 Å². The quantitative estimate of drug-likeness (QED) is 0.879. The second-order valence-electron chi connectivity index (χ2n) is 5.56. The first-order valence-electron chi connectivity index (χ1n) is 7.01. The molecule has 0 aromatic heterocycles. The fraction of sp³-hybridized carbons (Fsp3) is 0.600. The molecule has 19 heavy (non-hydrogen) atoms. The van der Waals surface area contributed by atoms with Crippen LogP contribution in [-0.4, -0.2) is 35.2 Å². The van der Waals surface area contributed by atoms with E-state index in [4.69, 9.17) is 0 Å². The fourth-order valence-corrected chi connectivity index (χ4v) is 2.57. The lowest BCUT2D eigenvalue weighted by molar-refractivity contribution is 0.160. The van der Waals surface area contributed by atoms with Crippen molar-refractivity contribution in [2.45, 2.75) is 45.3 Å². The lowest BCUT2D eigenvalue weighted by Gasteiger charge is -2.35. The van der Waals surface area contributed by atoms with Gasteiger partial charge >= 0.3 is 0 Å². The first-order valence-corrected chi connectivity index (χ1v) is 7.01. The Balaban J connectivity index is 1.82. The molecular formula is C15H23FN2O. The van der Waals surface area contributed by atoms with Gasteiger partial charge in [-0.15, -0.1) is 0 Å². The van der Waals surface area contributed by atoms with Gasteiger partial charge in [0.15, 0.2) is 0 Å². The van der Waals surface area contributed by atoms with Gasteiger partial charge in [0.25, 0.3) is 0 Å². The highest BCUT2D eigenvalue weighted by Gasteiger charge is 2.20. The van der Waals surface area contributed by atoms with Gasteiger partial charge in [-0.1, -0.05) is 0 Å². The molecule has 0 spiro atoms. The van der Waals surface area contributed by atoms with Crippen molar-refractivity contribution in [1.29, 1.82) is 0 Å². The number of aromatic hydroxyl groups is 1. The molecule has 1 aliphatic heterocycles. The lowest BCUT2D eigenvalue weighted by atomic mass is 10.0. The summed E-state index contributed by atoms with van der Waals surface area (Å²) < 4.78 is 13.1. The number of phenolic OH excluding ortho intramolecular Hbond substituents is 1. The van der Waals surface area contributed by atoms with E-state index < -0.39 is 0 Å². The average Bonchev–Trinajstić information content (AvgIpc) is 2.40. The van der Waals surface area contributed by atoms with E-state index in [0.717, 1.165) is 25.9 Å². The van der Waals surface area contributed by atoms with Crippen LogP contribution in [0.1, 0.15) is 32.3 Å². The van der Waals surface area contributed by atoms with Gasteiger partial charge in [0.05, 0.1) is 0 Å². The molecule has 4 heteroatoms. The molecule has 0 atom stereocenters. The van der Waals surface area contributed by atoms with E-state index in [1.165, 1.54) is 18.2 Å². The third kappa shape index (κ3) is 3.91. The highest BCUT2D eigenvalue weighted by Crippen LogP contribution is 2.19. The molecule has 0 amide bonds. The number of benzene rings is 1. The van der Waals surface area contributed by atoms with Crippen molar-refractivity contribution in [2.75, 3.05) is 13.1 Å². The Hall–Kier alpha value is -1.13. The molecule has 0 aliphatic carbocycles. The molecule has 1 aromatic carbocycles. The zero-order valence-electron chi connectivity index (χ0n) is 11.7. The Morgan fingerprint density at radius 2 is 2.05 bits per heavy atom. The van der Waals surface area contributed by atoms with E-state index in [0.29, 0.717) is 24.2 Å². The molecule has 0 bridgehead atoms. The van der Waals surface area contributed by atoms with E-state index in [1.54, 1.807) is 0 Å². The predicted molar refractivity (Wildman–Crippen MR) is 74.6 cm³/mol. The number of halogens is 1. The van der Waals surface area contributed by atoms with Gasteiger partial charge in [0.2, 0.25) is 0 Å². The maximum absolute atomic E-state index is 13.1. The van der Waals surface area contributed by atoms with Crippen LogP contribution in [0.15, 0.2) is 18.2 Å². The van der Waals surface area contributed by atoms with Crippen LogP contribution in [0.25, 0.3) is 0 Å². The smallest absolute Gasteiger partial charge is 0.123 e. The summed E-state index contributed by atoms with van der Waals surface area (Å²) in [6, 6.07) is 5.14. The molecule has 0 radical (unpaired) electrons. The maximum atomic E-state index is 13.1. The normalized spacial score (nSPS) is 18.1. The molecule has 0 unspecified atom stereocenters. The minimum absolute atomic E-state index is 0.161. The number of phenols is 1. The lowest BCUT2D eigenvalue weighted by Crippen LogP contribution is -2.44. The molecule has 1 aliphatic rings. The van der Waals surface area contributed by atoms with Crippen LogP contribution in [0.2, 0.25) is 0 Å². The molecule has 3 nitrogen and oxygen atoms in total. The van der Waals surface area contributed by atoms with Gasteiger partial charge in [0, 0.05) is 24.2 Å². The van der Waals surface area contributed by atoms with Crippen molar-refractivity contribution >= 4 is 0 Å². The monoisotopic (exact) mass is 266 g/mol. The van der Waals surface area contributed by atoms with E-state index >= 15 is 0 Å². The molecule has 106 valence electrons. The molecule has 1 saturated heterocycles. The van der Waals surface area contributed by atoms with Crippen LogP contribution in [0.5, 0.6) is 5.75 Å². The Labute approximate surface area is 114 Å². The number of likely N-dealkylation sites (tertiary alicyclic amines) is 1. The zero-order chi connectivity index (χ0) is 13.8. The van der Waals surface area contributed by atoms with E-state index in [9.17, 15) is 9.50 Å². The third-order valence-corrected chi connectivity index (χ3v) is 3.88. The fourth-order valence-electron chi connectivity index (χ4n) is 2.57. The molecule has 1 heterocycles. The predicted octanol–water partition coefficient (Wildman–Crippen LogP) is 2.49. The minimum atomic E-state index is -0.302. The first kappa shape index (κ1) is 14.3. The Morgan fingerprint density at radius 3 is 2.68 bits per heavy atom. The number of hydrogen-bond donors (Lipinski definition) is 2. The summed E-state index contributed by atoms with van der Waals surface area (Å²) in [5.41, 5.74) is 0.631. The topological polar surface area (TPSA) is 35.5 Å². The summed E-state index contributed by atoms with van der Waals surface area (Å²) in [7, 11) is 0. The Morgan fingerprint density at radius 1 is 1.37 bits per heavy atom. The zero-order valence-corrected chi connectivity index (χ0v) is 11.7. The van der Waals surface area contributed by atoms with Gasteiger partial charge < -0.3 is 15.3 Å². The molecule has 1 fully saturated rings. The highest BCUT2D eigenvalue weighted by atomic mass is 19.1. The SMILES string of the molecule is CC(C)N1CCC(NCc2cc(F)ccc2O)CC1. The Kier molecular flexibility index (Phi) is 4.77. The van der Waals surface area contributed by atoms with Crippen molar-refractivity contribution in [2.24, 2.45) is 0 Å². The molecule has 0 saturated carbocycles. The second-order valence-corrected chi connectivity index (χ2v) is 5.56. The van der Waals surface area contributed by atoms with Crippen LogP contribution < -0.4 is 5.32 Å². The first-order chi connectivity index (χ1) is 9.06. The van der Waals surface area contributed by atoms with E-state index in [1.807, 2.05) is 0 Å². The molecular weight excluding hydrogens is 243 g/mol. The van der Waals surface area contributed by atoms with Crippen LogP contribution in [-0.2, 0) is 6.54 Å². The minimum Gasteiger partial charge on any atom is -0.508 e. The summed E-state index contributed by atoms with van der Waals surface area (Å²) in [5, 5.41) is 13.1. The molecule has 1 aromatic rings. The molecule has 2 N–H and O–H groups in total. The number of hydrogen-bond acceptors (Lipinski definition) is 3. The maximum Gasteiger partial charge on any atom is 0.123 e. The van der Waals surface area contributed by atoms with Crippen LogP contribution in [0.4, 0.5) is 4.39 Å². The second kappa shape index (κ2) is 6.35. The van der Waals surface area contributed by atoms with Crippen molar-refractivity contribution in [1.82, 2.24) is 10.2 Å². The summed E-state index contributed by atoms with van der Waals surface area (Å²) in [6.45, 7) is 7.17. The summed E-state index contributed by atoms with van der Waals surface area (Å²) in [4.78, 5) is 2.47. The van der Waals surface area contributed by atoms with Crippen molar-refractivity contribution in [3.63, 3.8) is 0 Å². The highest BCUT2D eigenvalue weighted by molar-refractivity contribution is 5.32. The van der Waals surface area contributed by atoms with Crippen LogP contribution in [0, 0.1) is 5.82 Å². The number of piperidine rings is 1. The molecule has 2 rings (SSSR count). The Bertz CT molecular complexity index is 415. The largest absolute Gasteiger partial charge is 0.508 e. The van der Waals surface area contributed by atoms with Crippen molar-refractivity contribution in [3.8, 4) is 5.75 Å². The van der Waals surface area contributed by atoms with Crippen molar-refractivity contribution < 1.29 is 9.50 Å². The van der Waals surface area contributed by atoms with Gasteiger partial charge in [-0.2, -0.15) is 0 Å². The van der Waals surface area contributed by atoms with Crippen molar-refractivity contribution in [3.05, 3.63) is 29.6 Å². The number of nitrogens with zero attached hydrogens (tertiary/aromatic N) is 1. The summed E-state index contributed by atoms with van der Waals surface area (Å²) in [6.07, 6.45) is 2.21. The van der Waals surface area contributed by atoms with E-state index in [2.05, 4.69) is 24.1 Å². The van der Waals surface area contributed by atoms with Crippen LogP contribution in [0.3, 0.4) is 0 Å². The number of rotatable bonds is 4. The number of nitrogens with one attached hydrogen (secondary N) is 1. The average molecular weight is 266 g/mol. The van der Waals surface area contributed by atoms with Gasteiger partial charge in [-0.3, -0.25) is 0 Å². The van der Waals surface area contributed by atoms with Gasteiger partial charge in [-0.25, -0.2) is 4.39 Å².